The molecular weight excluding hydrogens is 170 g/mol. The maximum Gasteiger partial charge on any atom is 0.00192 e. The number of rotatable bonds is 3. The molecule has 0 saturated carbocycles. The van der Waals surface area contributed by atoms with Gasteiger partial charge in [0.25, 0.3) is 0 Å². The van der Waals surface area contributed by atoms with E-state index in [-0.39, 0.29) is 5.41 Å². The number of hydrogen-bond acceptors (Lipinski definition) is 1. The van der Waals surface area contributed by atoms with Gasteiger partial charge in [-0.15, -0.1) is 0 Å². The Morgan fingerprint density at radius 3 is 2.57 bits per heavy atom. The van der Waals surface area contributed by atoms with Crippen LogP contribution in [0.3, 0.4) is 0 Å². The zero-order chi connectivity index (χ0) is 10.8. The van der Waals surface area contributed by atoms with E-state index < -0.39 is 0 Å². The molecule has 0 atom stereocenters. The Morgan fingerprint density at radius 2 is 2.07 bits per heavy atom. The molecule has 0 radical (unpaired) electrons. The molecule has 14 heavy (non-hydrogen) atoms. The topological polar surface area (TPSA) is 26.0 Å². The highest BCUT2D eigenvalue weighted by molar-refractivity contribution is 5.62. The second-order valence-electron chi connectivity index (χ2n) is 4.45. The first kappa shape index (κ1) is 11.0. The highest BCUT2D eigenvalue weighted by Gasteiger charge is 2.18. The molecule has 0 heterocycles. The standard InChI is InChI=1S/C13H19N/c1-10(2)11-6-5-7-12(8-11)13(3,4)9-14/h5-8H,1,9,14H2,2-4H3. The van der Waals surface area contributed by atoms with Gasteiger partial charge in [-0.05, 0) is 18.1 Å². The predicted octanol–water partition coefficient (Wildman–Crippen LogP) is 2.96. The minimum atomic E-state index is 0.0471. The van der Waals surface area contributed by atoms with Crippen LogP contribution in [-0.2, 0) is 5.41 Å². The van der Waals surface area contributed by atoms with Gasteiger partial charge in [0.05, 0.1) is 0 Å². The summed E-state index contributed by atoms with van der Waals surface area (Å²) in [6.45, 7) is 10.9. The molecule has 1 rings (SSSR count). The molecular formula is C13H19N. The SMILES string of the molecule is C=C(C)c1cccc(C(C)(C)CN)c1. The lowest BCUT2D eigenvalue weighted by molar-refractivity contribution is 0.539. The van der Waals surface area contributed by atoms with Crippen molar-refractivity contribution in [3.63, 3.8) is 0 Å². The van der Waals surface area contributed by atoms with E-state index in [1.807, 2.05) is 6.92 Å². The van der Waals surface area contributed by atoms with E-state index in [2.05, 4.69) is 44.7 Å². The van der Waals surface area contributed by atoms with E-state index in [9.17, 15) is 0 Å². The smallest absolute Gasteiger partial charge is 0.00192 e. The molecule has 1 aromatic rings. The lowest BCUT2D eigenvalue weighted by Gasteiger charge is -2.23. The van der Waals surface area contributed by atoms with Gasteiger partial charge in [0, 0.05) is 12.0 Å². The molecule has 76 valence electrons. The highest BCUT2D eigenvalue weighted by atomic mass is 14.6. The number of allylic oxidation sites excluding steroid dienone is 1. The van der Waals surface area contributed by atoms with Gasteiger partial charge in [0.2, 0.25) is 0 Å². The molecule has 0 bridgehead atoms. The van der Waals surface area contributed by atoms with Crippen LogP contribution in [0.2, 0.25) is 0 Å². The maximum atomic E-state index is 5.74. The molecule has 1 aromatic carbocycles. The van der Waals surface area contributed by atoms with Crippen molar-refractivity contribution in [2.45, 2.75) is 26.2 Å². The van der Waals surface area contributed by atoms with Crippen molar-refractivity contribution < 1.29 is 0 Å². The molecule has 0 aliphatic heterocycles. The van der Waals surface area contributed by atoms with Crippen LogP contribution in [0, 0.1) is 0 Å². The molecule has 0 amide bonds. The second-order valence-corrected chi connectivity index (χ2v) is 4.45. The number of hydrogen-bond donors (Lipinski definition) is 1. The molecule has 0 fully saturated rings. The summed E-state index contributed by atoms with van der Waals surface area (Å²) in [4.78, 5) is 0. The zero-order valence-corrected chi connectivity index (χ0v) is 9.30. The molecule has 0 spiro atoms. The largest absolute Gasteiger partial charge is 0.330 e. The summed E-state index contributed by atoms with van der Waals surface area (Å²) in [6, 6.07) is 8.45. The summed E-state index contributed by atoms with van der Waals surface area (Å²) in [5.74, 6) is 0. The van der Waals surface area contributed by atoms with Crippen molar-refractivity contribution in [2.24, 2.45) is 5.73 Å². The van der Waals surface area contributed by atoms with Gasteiger partial charge in [-0.1, -0.05) is 50.3 Å². The third kappa shape index (κ3) is 2.24. The first-order chi connectivity index (χ1) is 6.47. The normalized spacial score (nSPS) is 11.4. The van der Waals surface area contributed by atoms with E-state index in [1.54, 1.807) is 0 Å². The summed E-state index contributed by atoms with van der Waals surface area (Å²) in [5.41, 5.74) is 9.36. The predicted molar refractivity (Wildman–Crippen MR) is 63.2 cm³/mol. The van der Waals surface area contributed by atoms with E-state index in [0.29, 0.717) is 6.54 Å². The lowest BCUT2D eigenvalue weighted by Crippen LogP contribution is -2.28. The van der Waals surface area contributed by atoms with Crippen LogP contribution < -0.4 is 5.73 Å². The number of benzene rings is 1. The fraction of sp³-hybridized carbons (Fsp3) is 0.385. The fourth-order valence-electron chi connectivity index (χ4n) is 1.32. The van der Waals surface area contributed by atoms with Crippen molar-refractivity contribution in [2.75, 3.05) is 6.54 Å². The summed E-state index contributed by atoms with van der Waals surface area (Å²) >= 11 is 0. The van der Waals surface area contributed by atoms with Crippen LogP contribution in [0.25, 0.3) is 5.57 Å². The monoisotopic (exact) mass is 189 g/mol. The summed E-state index contributed by atoms with van der Waals surface area (Å²) in [6.07, 6.45) is 0. The number of nitrogens with two attached hydrogens (primary N) is 1. The molecule has 1 nitrogen and oxygen atoms in total. The van der Waals surface area contributed by atoms with Gasteiger partial charge in [-0.2, -0.15) is 0 Å². The molecule has 0 saturated heterocycles. The Balaban J connectivity index is 3.12. The van der Waals surface area contributed by atoms with Gasteiger partial charge in [0.15, 0.2) is 0 Å². The van der Waals surface area contributed by atoms with Gasteiger partial charge >= 0.3 is 0 Å². The van der Waals surface area contributed by atoms with E-state index in [4.69, 9.17) is 5.73 Å². The third-order valence-corrected chi connectivity index (χ3v) is 2.65. The van der Waals surface area contributed by atoms with E-state index in [1.165, 1.54) is 11.1 Å². The fourth-order valence-corrected chi connectivity index (χ4v) is 1.32. The van der Waals surface area contributed by atoms with Gasteiger partial charge in [-0.25, -0.2) is 0 Å². The summed E-state index contributed by atoms with van der Waals surface area (Å²) in [5, 5.41) is 0. The first-order valence-electron chi connectivity index (χ1n) is 4.94. The van der Waals surface area contributed by atoms with Crippen LogP contribution in [0.1, 0.15) is 31.9 Å². The van der Waals surface area contributed by atoms with Gasteiger partial charge < -0.3 is 5.73 Å². The van der Waals surface area contributed by atoms with Gasteiger partial charge in [0.1, 0.15) is 0 Å². The Morgan fingerprint density at radius 1 is 1.43 bits per heavy atom. The Kier molecular flexibility index (Phi) is 3.12. The van der Waals surface area contributed by atoms with Crippen LogP contribution in [0.4, 0.5) is 0 Å². The van der Waals surface area contributed by atoms with E-state index >= 15 is 0 Å². The first-order valence-corrected chi connectivity index (χ1v) is 4.94. The molecule has 0 unspecified atom stereocenters. The van der Waals surface area contributed by atoms with Crippen molar-refractivity contribution in [3.8, 4) is 0 Å². The second kappa shape index (κ2) is 3.97. The minimum Gasteiger partial charge on any atom is -0.330 e. The Bertz CT molecular complexity index is 337. The zero-order valence-electron chi connectivity index (χ0n) is 9.30. The van der Waals surface area contributed by atoms with Crippen LogP contribution in [0.5, 0.6) is 0 Å². The van der Waals surface area contributed by atoms with Crippen molar-refractivity contribution in [1.29, 1.82) is 0 Å². The maximum absolute atomic E-state index is 5.74. The van der Waals surface area contributed by atoms with Crippen LogP contribution >= 0.6 is 0 Å². The molecule has 0 aliphatic carbocycles. The third-order valence-electron chi connectivity index (χ3n) is 2.65. The Hall–Kier alpha value is -1.08. The average molecular weight is 189 g/mol. The highest BCUT2D eigenvalue weighted by Crippen LogP contribution is 2.24. The summed E-state index contributed by atoms with van der Waals surface area (Å²) < 4.78 is 0. The molecule has 0 aliphatic rings. The average Bonchev–Trinajstić information content (AvgIpc) is 2.18. The van der Waals surface area contributed by atoms with Crippen molar-refractivity contribution in [1.82, 2.24) is 0 Å². The Labute approximate surface area is 86.6 Å². The van der Waals surface area contributed by atoms with E-state index in [0.717, 1.165) is 5.57 Å². The molecule has 1 heteroatoms. The minimum absolute atomic E-state index is 0.0471. The molecule has 2 N–H and O–H groups in total. The summed E-state index contributed by atoms with van der Waals surface area (Å²) in [7, 11) is 0. The van der Waals surface area contributed by atoms with Gasteiger partial charge in [-0.3, -0.25) is 0 Å². The van der Waals surface area contributed by atoms with Crippen LogP contribution in [-0.4, -0.2) is 6.54 Å². The quantitative estimate of drug-likeness (QED) is 0.777. The molecule has 0 aromatic heterocycles. The van der Waals surface area contributed by atoms with Crippen LogP contribution in [0.15, 0.2) is 30.8 Å². The van der Waals surface area contributed by atoms with Crippen molar-refractivity contribution >= 4 is 5.57 Å². The lowest BCUT2D eigenvalue weighted by atomic mass is 9.83. The van der Waals surface area contributed by atoms with Crippen molar-refractivity contribution in [3.05, 3.63) is 42.0 Å².